The summed E-state index contributed by atoms with van der Waals surface area (Å²) in [5.74, 6) is 0. The Balaban J connectivity index is 2.03. The molecule has 0 aromatic heterocycles. The van der Waals surface area contributed by atoms with E-state index < -0.39 is 0 Å². The molecule has 0 aromatic rings. The third kappa shape index (κ3) is 2.39. The lowest BCUT2D eigenvalue weighted by atomic mass is 9.66. The first kappa shape index (κ1) is 13.4. The highest BCUT2D eigenvalue weighted by molar-refractivity contribution is 5.00. The molecule has 2 heteroatoms. The Kier molecular flexibility index (Phi) is 4.14. The van der Waals surface area contributed by atoms with Crippen molar-refractivity contribution >= 4 is 0 Å². The molecule has 0 unspecified atom stereocenters. The molecule has 2 aliphatic carbocycles. The smallest absolute Gasteiger partial charge is 0.0331 e. The second kappa shape index (κ2) is 5.27. The summed E-state index contributed by atoms with van der Waals surface area (Å²) in [5.41, 5.74) is 7.19. The van der Waals surface area contributed by atoms with Crippen LogP contribution in [-0.4, -0.2) is 30.1 Å². The number of rotatable bonds is 4. The van der Waals surface area contributed by atoms with Gasteiger partial charge in [-0.1, -0.05) is 26.7 Å². The lowest BCUT2D eigenvalue weighted by Gasteiger charge is -2.50. The summed E-state index contributed by atoms with van der Waals surface area (Å²) >= 11 is 0. The van der Waals surface area contributed by atoms with Crippen LogP contribution in [0.15, 0.2) is 0 Å². The van der Waals surface area contributed by atoms with Gasteiger partial charge in [0.2, 0.25) is 0 Å². The number of hydrogen-bond donors (Lipinski definition) is 1. The van der Waals surface area contributed by atoms with Crippen molar-refractivity contribution in [3.8, 4) is 0 Å². The van der Waals surface area contributed by atoms with E-state index in [0.717, 1.165) is 25.0 Å². The first-order valence-electron chi connectivity index (χ1n) is 7.65. The van der Waals surface area contributed by atoms with E-state index in [2.05, 4.69) is 18.7 Å². The minimum atomic E-state index is 0.331. The molecule has 0 heterocycles. The van der Waals surface area contributed by atoms with Crippen LogP contribution in [0.4, 0.5) is 0 Å². The van der Waals surface area contributed by atoms with E-state index in [0.29, 0.717) is 5.54 Å². The number of nitrogens with two attached hydrogens (primary N) is 1. The van der Waals surface area contributed by atoms with Crippen molar-refractivity contribution in [2.45, 2.75) is 70.8 Å². The highest BCUT2D eigenvalue weighted by atomic mass is 15.2. The first-order valence-corrected chi connectivity index (χ1v) is 7.65. The molecule has 2 N–H and O–H groups in total. The molecule has 17 heavy (non-hydrogen) atoms. The highest BCUT2D eigenvalue weighted by Gasteiger charge is 2.45. The van der Waals surface area contributed by atoms with Crippen molar-refractivity contribution < 1.29 is 0 Å². The molecular formula is C15H30N2. The summed E-state index contributed by atoms with van der Waals surface area (Å²) < 4.78 is 0. The number of hydrogen-bond acceptors (Lipinski definition) is 2. The lowest BCUT2D eigenvalue weighted by molar-refractivity contribution is 0.0202. The standard InChI is InChI=1S/C15H30N2/c1-3-17(4-2)15(13-16)11-9-14(10-12-15)7-5-6-8-14/h3-13,16H2,1-2H3. The molecule has 0 aliphatic heterocycles. The largest absolute Gasteiger partial charge is 0.329 e. The van der Waals surface area contributed by atoms with Gasteiger partial charge in [-0.15, -0.1) is 0 Å². The van der Waals surface area contributed by atoms with Crippen LogP contribution in [0, 0.1) is 5.41 Å². The summed E-state index contributed by atoms with van der Waals surface area (Å²) in [4.78, 5) is 2.62. The van der Waals surface area contributed by atoms with E-state index in [4.69, 9.17) is 5.73 Å². The van der Waals surface area contributed by atoms with Crippen molar-refractivity contribution in [3.63, 3.8) is 0 Å². The summed E-state index contributed by atoms with van der Waals surface area (Å²) in [6, 6.07) is 0. The van der Waals surface area contributed by atoms with Crippen molar-refractivity contribution in [3.05, 3.63) is 0 Å². The molecule has 1 spiro atoms. The summed E-state index contributed by atoms with van der Waals surface area (Å²) in [6.07, 6.45) is 11.5. The molecule has 0 atom stereocenters. The zero-order valence-electron chi connectivity index (χ0n) is 11.8. The van der Waals surface area contributed by atoms with Gasteiger partial charge in [0.1, 0.15) is 0 Å². The minimum absolute atomic E-state index is 0.331. The van der Waals surface area contributed by atoms with E-state index in [1.807, 2.05) is 0 Å². The highest BCUT2D eigenvalue weighted by Crippen LogP contribution is 2.52. The summed E-state index contributed by atoms with van der Waals surface area (Å²) in [5, 5.41) is 0. The topological polar surface area (TPSA) is 29.3 Å². The molecule has 2 fully saturated rings. The maximum atomic E-state index is 6.14. The summed E-state index contributed by atoms with van der Waals surface area (Å²) in [7, 11) is 0. The van der Waals surface area contributed by atoms with Crippen LogP contribution in [0.5, 0.6) is 0 Å². The van der Waals surface area contributed by atoms with Gasteiger partial charge in [0.05, 0.1) is 0 Å². The average Bonchev–Trinajstić information content (AvgIpc) is 2.82. The zero-order chi connectivity index (χ0) is 12.4. The monoisotopic (exact) mass is 238 g/mol. The van der Waals surface area contributed by atoms with E-state index in [1.54, 1.807) is 0 Å². The van der Waals surface area contributed by atoms with E-state index in [-0.39, 0.29) is 0 Å². The molecule has 100 valence electrons. The van der Waals surface area contributed by atoms with Crippen LogP contribution >= 0.6 is 0 Å². The SMILES string of the molecule is CCN(CC)C1(CN)CCC2(CCCC2)CC1. The van der Waals surface area contributed by atoms with Crippen molar-refractivity contribution in [1.29, 1.82) is 0 Å². The second-order valence-electron chi connectivity index (χ2n) is 6.31. The fourth-order valence-electron chi connectivity index (χ4n) is 4.41. The van der Waals surface area contributed by atoms with E-state index in [9.17, 15) is 0 Å². The fourth-order valence-corrected chi connectivity index (χ4v) is 4.41. The third-order valence-corrected chi connectivity index (χ3v) is 5.72. The Morgan fingerprint density at radius 2 is 1.41 bits per heavy atom. The van der Waals surface area contributed by atoms with Crippen LogP contribution in [-0.2, 0) is 0 Å². The van der Waals surface area contributed by atoms with Crippen LogP contribution in [0.2, 0.25) is 0 Å². The van der Waals surface area contributed by atoms with Crippen molar-refractivity contribution in [2.24, 2.45) is 11.1 Å². The maximum absolute atomic E-state index is 6.14. The third-order valence-electron chi connectivity index (χ3n) is 5.72. The number of likely N-dealkylation sites (N-methyl/N-ethyl adjacent to an activating group) is 1. The molecule has 2 rings (SSSR count). The van der Waals surface area contributed by atoms with Gasteiger partial charge in [0.15, 0.2) is 0 Å². The number of nitrogens with zero attached hydrogens (tertiary/aromatic N) is 1. The Hall–Kier alpha value is -0.0800. The first-order chi connectivity index (χ1) is 8.20. The predicted octanol–water partition coefficient (Wildman–Crippen LogP) is 3.16. The molecule has 2 nitrogen and oxygen atoms in total. The second-order valence-corrected chi connectivity index (χ2v) is 6.31. The van der Waals surface area contributed by atoms with Crippen molar-refractivity contribution in [1.82, 2.24) is 4.90 Å². The fraction of sp³-hybridized carbons (Fsp3) is 1.00. The van der Waals surface area contributed by atoms with Gasteiger partial charge in [0, 0.05) is 12.1 Å². The lowest BCUT2D eigenvalue weighted by Crippen LogP contribution is -2.56. The van der Waals surface area contributed by atoms with E-state index >= 15 is 0 Å². The van der Waals surface area contributed by atoms with Crippen molar-refractivity contribution in [2.75, 3.05) is 19.6 Å². The van der Waals surface area contributed by atoms with Gasteiger partial charge in [-0.2, -0.15) is 0 Å². The predicted molar refractivity (Wildman–Crippen MR) is 74.1 cm³/mol. The van der Waals surface area contributed by atoms with Gasteiger partial charge >= 0.3 is 0 Å². The van der Waals surface area contributed by atoms with Gasteiger partial charge in [0.25, 0.3) is 0 Å². The average molecular weight is 238 g/mol. The molecule has 0 amide bonds. The normalized spacial score (nSPS) is 26.8. The Morgan fingerprint density at radius 3 is 1.82 bits per heavy atom. The van der Waals surface area contributed by atoms with E-state index in [1.165, 1.54) is 51.4 Å². The van der Waals surface area contributed by atoms with Crippen LogP contribution in [0.25, 0.3) is 0 Å². The Bertz CT molecular complexity index is 229. The van der Waals surface area contributed by atoms with Gasteiger partial charge in [-0.25, -0.2) is 0 Å². The van der Waals surface area contributed by atoms with Gasteiger partial charge < -0.3 is 5.73 Å². The van der Waals surface area contributed by atoms with Crippen LogP contribution < -0.4 is 5.73 Å². The van der Waals surface area contributed by atoms with Crippen LogP contribution in [0.3, 0.4) is 0 Å². The van der Waals surface area contributed by atoms with Gasteiger partial charge in [-0.05, 0) is 57.0 Å². The zero-order valence-corrected chi connectivity index (χ0v) is 11.8. The molecule has 0 saturated heterocycles. The minimum Gasteiger partial charge on any atom is -0.329 e. The Labute approximate surface area is 107 Å². The van der Waals surface area contributed by atoms with Gasteiger partial charge in [-0.3, -0.25) is 4.90 Å². The summed E-state index contributed by atoms with van der Waals surface area (Å²) in [6.45, 7) is 7.72. The Morgan fingerprint density at radius 1 is 0.882 bits per heavy atom. The molecule has 2 aliphatic rings. The molecule has 2 saturated carbocycles. The molecular weight excluding hydrogens is 208 g/mol. The molecule has 0 aromatic carbocycles. The van der Waals surface area contributed by atoms with Crippen LogP contribution in [0.1, 0.15) is 65.2 Å². The molecule has 0 bridgehead atoms. The molecule has 0 radical (unpaired) electrons. The maximum Gasteiger partial charge on any atom is 0.0331 e. The quantitative estimate of drug-likeness (QED) is 0.815.